The minimum absolute atomic E-state index is 0.123. The summed E-state index contributed by atoms with van der Waals surface area (Å²) in [6, 6.07) is 12.3. The fraction of sp³-hybridized carbons (Fsp3) is 0.176. The van der Waals surface area contributed by atoms with Gasteiger partial charge in [-0.05, 0) is 30.7 Å². The molecule has 0 fully saturated rings. The Balaban J connectivity index is 1.79. The van der Waals surface area contributed by atoms with E-state index < -0.39 is 5.76 Å². The van der Waals surface area contributed by atoms with Crippen molar-refractivity contribution in [3.8, 4) is 0 Å². The maximum Gasteiger partial charge on any atom is 0.420 e. The molecule has 3 aromatic rings. The summed E-state index contributed by atoms with van der Waals surface area (Å²) in [7, 11) is 0. The number of nitrogens with one attached hydrogen (secondary N) is 1. The summed E-state index contributed by atoms with van der Waals surface area (Å²) >= 11 is 9.35. The van der Waals surface area contributed by atoms with Crippen LogP contribution in [-0.4, -0.2) is 10.5 Å². The number of aromatic nitrogens is 1. The lowest BCUT2D eigenvalue weighted by Gasteiger charge is -2.16. The third-order valence-corrected chi connectivity index (χ3v) is 4.64. The molecule has 0 aliphatic carbocycles. The van der Waals surface area contributed by atoms with Crippen molar-refractivity contribution < 1.29 is 9.21 Å². The van der Waals surface area contributed by atoms with Crippen LogP contribution >= 0.6 is 27.5 Å². The highest BCUT2D eigenvalue weighted by molar-refractivity contribution is 9.10. The molecule has 1 atom stereocenters. The predicted octanol–water partition coefficient (Wildman–Crippen LogP) is 3.89. The summed E-state index contributed by atoms with van der Waals surface area (Å²) in [5, 5.41) is 3.35. The number of halogens is 2. The average molecular weight is 410 g/mol. The van der Waals surface area contributed by atoms with Crippen LogP contribution in [0.15, 0.2) is 56.1 Å². The third-order valence-electron chi connectivity index (χ3n) is 3.68. The van der Waals surface area contributed by atoms with Crippen LogP contribution in [0.2, 0.25) is 5.02 Å². The van der Waals surface area contributed by atoms with E-state index in [-0.39, 0.29) is 18.5 Å². The highest BCUT2D eigenvalue weighted by Crippen LogP contribution is 2.23. The lowest BCUT2D eigenvalue weighted by molar-refractivity contribution is -0.122. The number of fused-ring (bicyclic) bond motifs is 1. The van der Waals surface area contributed by atoms with Gasteiger partial charge in [0.05, 0.1) is 11.6 Å². The van der Waals surface area contributed by atoms with Crippen LogP contribution in [0.25, 0.3) is 11.1 Å². The molecule has 0 saturated carbocycles. The van der Waals surface area contributed by atoms with Crippen molar-refractivity contribution in [2.75, 3.05) is 0 Å². The fourth-order valence-corrected chi connectivity index (χ4v) is 3.31. The minimum atomic E-state index is -0.587. The van der Waals surface area contributed by atoms with Crippen LogP contribution in [-0.2, 0) is 11.3 Å². The Morgan fingerprint density at radius 1 is 1.33 bits per heavy atom. The van der Waals surface area contributed by atoms with Gasteiger partial charge in [-0.3, -0.25) is 9.36 Å². The Kier molecular flexibility index (Phi) is 4.78. The van der Waals surface area contributed by atoms with Gasteiger partial charge in [-0.1, -0.05) is 45.7 Å². The number of carbonyl (C=O) groups excluding carboxylic acids is 1. The highest BCUT2D eigenvalue weighted by Gasteiger charge is 2.16. The summed E-state index contributed by atoms with van der Waals surface area (Å²) < 4.78 is 7.33. The van der Waals surface area contributed by atoms with E-state index in [1.54, 1.807) is 18.2 Å². The lowest BCUT2D eigenvalue weighted by atomic mass is 10.1. The molecule has 0 radical (unpaired) electrons. The molecule has 0 unspecified atom stereocenters. The number of rotatable bonds is 4. The zero-order valence-corrected chi connectivity index (χ0v) is 15.1. The lowest BCUT2D eigenvalue weighted by Crippen LogP contribution is -2.32. The number of nitrogens with zero attached hydrogens (tertiary/aromatic N) is 1. The van der Waals surface area contributed by atoms with Gasteiger partial charge in [-0.2, -0.15) is 0 Å². The molecule has 1 heterocycles. The second kappa shape index (κ2) is 6.83. The van der Waals surface area contributed by atoms with E-state index in [9.17, 15) is 9.59 Å². The summed E-state index contributed by atoms with van der Waals surface area (Å²) in [5.74, 6) is -0.867. The van der Waals surface area contributed by atoms with E-state index in [4.69, 9.17) is 16.0 Å². The van der Waals surface area contributed by atoms with Crippen LogP contribution in [0.1, 0.15) is 18.5 Å². The van der Waals surface area contributed by atoms with Crippen LogP contribution < -0.4 is 11.1 Å². The Hall–Kier alpha value is -2.05. The van der Waals surface area contributed by atoms with Gasteiger partial charge >= 0.3 is 5.76 Å². The molecule has 1 N–H and O–H groups in total. The van der Waals surface area contributed by atoms with Crippen LogP contribution in [0.5, 0.6) is 0 Å². The van der Waals surface area contributed by atoms with Gasteiger partial charge < -0.3 is 9.73 Å². The van der Waals surface area contributed by atoms with Gasteiger partial charge in [0.1, 0.15) is 6.54 Å². The monoisotopic (exact) mass is 408 g/mol. The van der Waals surface area contributed by atoms with Gasteiger partial charge in [0.15, 0.2) is 5.58 Å². The van der Waals surface area contributed by atoms with Gasteiger partial charge in [0.25, 0.3) is 0 Å². The van der Waals surface area contributed by atoms with Crippen molar-refractivity contribution in [2.24, 2.45) is 0 Å². The molecule has 0 aliphatic heterocycles. The number of carbonyl (C=O) groups is 1. The maximum absolute atomic E-state index is 12.3. The quantitative estimate of drug-likeness (QED) is 0.711. The number of benzene rings is 2. The van der Waals surface area contributed by atoms with Crippen LogP contribution in [0.3, 0.4) is 0 Å². The average Bonchev–Trinajstić information content (AvgIpc) is 2.82. The number of hydrogen-bond acceptors (Lipinski definition) is 3. The molecule has 7 heteroatoms. The van der Waals surface area contributed by atoms with Crippen molar-refractivity contribution in [3.05, 3.63) is 68.1 Å². The maximum atomic E-state index is 12.3. The van der Waals surface area contributed by atoms with E-state index in [0.717, 1.165) is 10.0 Å². The van der Waals surface area contributed by atoms with Crippen LogP contribution in [0, 0.1) is 0 Å². The molecule has 3 rings (SSSR count). The first kappa shape index (κ1) is 16.8. The Morgan fingerprint density at radius 3 is 2.83 bits per heavy atom. The topological polar surface area (TPSA) is 64.2 Å². The summed E-state index contributed by atoms with van der Waals surface area (Å²) in [6.45, 7) is 1.76. The Morgan fingerprint density at radius 2 is 2.08 bits per heavy atom. The van der Waals surface area contributed by atoms with Crippen molar-refractivity contribution in [2.45, 2.75) is 19.5 Å². The van der Waals surface area contributed by atoms with Gasteiger partial charge in [0, 0.05) is 15.6 Å². The standard InChI is InChI=1S/C17H14BrClN2O3/c1-10(12-4-2-3-5-13(12)18)20-16(22)9-21-14-7-6-11(19)8-15(14)24-17(21)23/h2-8,10H,9H2,1H3,(H,20,22)/t10-/m1/s1. The molecule has 0 spiro atoms. The number of hydrogen-bond donors (Lipinski definition) is 1. The molecular formula is C17H14BrClN2O3. The molecule has 0 bridgehead atoms. The summed E-state index contributed by atoms with van der Waals surface area (Å²) in [5.41, 5.74) is 1.86. The zero-order valence-electron chi connectivity index (χ0n) is 12.8. The molecule has 1 amide bonds. The normalized spacial score (nSPS) is 12.3. The first-order chi connectivity index (χ1) is 11.5. The predicted molar refractivity (Wildman–Crippen MR) is 96.2 cm³/mol. The minimum Gasteiger partial charge on any atom is -0.408 e. The SMILES string of the molecule is C[C@@H](NC(=O)Cn1c(=O)oc2cc(Cl)ccc21)c1ccccc1Br. The highest BCUT2D eigenvalue weighted by atomic mass is 79.9. The zero-order chi connectivity index (χ0) is 17.3. The van der Waals surface area contributed by atoms with Crippen molar-refractivity contribution >= 4 is 44.5 Å². The molecule has 5 nitrogen and oxygen atoms in total. The summed E-state index contributed by atoms with van der Waals surface area (Å²) in [6.07, 6.45) is 0. The Bertz CT molecular complexity index is 964. The van der Waals surface area contributed by atoms with Crippen LogP contribution in [0.4, 0.5) is 0 Å². The van der Waals surface area contributed by atoms with Crippen molar-refractivity contribution in [1.82, 2.24) is 9.88 Å². The molecule has 1 aromatic heterocycles. The number of oxazole rings is 1. The fourth-order valence-electron chi connectivity index (χ4n) is 2.52. The molecular weight excluding hydrogens is 396 g/mol. The van der Waals surface area contributed by atoms with E-state index in [2.05, 4.69) is 21.2 Å². The van der Waals surface area contributed by atoms with Gasteiger partial charge in [-0.15, -0.1) is 0 Å². The molecule has 24 heavy (non-hydrogen) atoms. The largest absolute Gasteiger partial charge is 0.420 e. The third kappa shape index (κ3) is 3.39. The smallest absolute Gasteiger partial charge is 0.408 e. The van der Waals surface area contributed by atoms with Crippen molar-refractivity contribution in [1.29, 1.82) is 0 Å². The molecule has 124 valence electrons. The molecule has 2 aromatic carbocycles. The van der Waals surface area contributed by atoms with Crippen molar-refractivity contribution in [3.63, 3.8) is 0 Å². The van der Waals surface area contributed by atoms with E-state index in [0.29, 0.717) is 16.1 Å². The Labute approximate surface area is 151 Å². The van der Waals surface area contributed by atoms with Gasteiger partial charge in [0.2, 0.25) is 5.91 Å². The van der Waals surface area contributed by atoms with E-state index in [1.807, 2.05) is 31.2 Å². The number of amides is 1. The molecule has 0 saturated heterocycles. The first-order valence-corrected chi connectivity index (χ1v) is 8.45. The van der Waals surface area contributed by atoms with E-state index in [1.165, 1.54) is 4.57 Å². The second-order valence-corrected chi connectivity index (χ2v) is 6.67. The summed E-state index contributed by atoms with van der Waals surface area (Å²) in [4.78, 5) is 24.3. The van der Waals surface area contributed by atoms with Gasteiger partial charge in [-0.25, -0.2) is 4.79 Å². The second-order valence-electron chi connectivity index (χ2n) is 5.38. The molecule has 0 aliphatic rings. The first-order valence-electron chi connectivity index (χ1n) is 7.28. The van der Waals surface area contributed by atoms with E-state index >= 15 is 0 Å².